The third-order valence-corrected chi connectivity index (χ3v) is 9.01. The Morgan fingerprint density at radius 3 is 2.47 bits per heavy atom. The van der Waals surface area contributed by atoms with Crippen molar-refractivity contribution in [3.05, 3.63) is 12.2 Å². The van der Waals surface area contributed by atoms with E-state index in [0.29, 0.717) is 12.2 Å². The highest BCUT2D eigenvalue weighted by atomic mass is 33.1. The van der Waals surface area contributed by atoms with Gasteiger partial charge in [0.05, 0.1) is 30.7 Å². The number of aliphatic hydroxyl groups excluding tert-OH is 1. The van der Waals surface area contributed by atoms with Crippen molar-refractivity contribution in [2.24, 2.45) is 5.92 Å². The largest absolute Gasteiger partial charge is 0.457 e. The molecule has 0 radical (unpaired) electrons. The number of carbonyl (C=O) groups excluding carboxylic acids is 4. The number of aliphatic hydroxyl groups is 1. The fourth-order valence-corrected chi connectivity index (χ4v) is 6.49. The fraction of sp³-hybridized carbons (Fsp3) is 0.727. The van der Waals surface area contributed by atoms with Crippen LogP contribution >= 0.6 is 21.6 Å². The van der Waals surface area contributed by atoms with Gasteiger partial charge in [0.1, 0.15) is 28.0 Å². The number of hydrogen-bond donors (Lipinski definition) is 4. The van der Waals surface area contributed by atoms with Gasteiger partial charge in [-0.25, -0.2) is 8.42 Å². The molecule has 2 aliphatic heterocycles. The Bertz CT molecular complexity index is 941. The minimum Gasteiger partial charge on any atom is -0.457 e. The number of nitrogens with one attached hydrogen (secondary N) is 3. The quantitative estimate of drug-likeness (QED) is 0.206. The lowest BCUT2D eigenvalue weighted by molar-refractivity contribution is -0.151. The van der Waals surface area contributed by atoms with Crippen LogP contribution in [0.5, 0.6) is 0 Å². The van der Waals surface area contributed by atoms with Crippen LogP contribution < -0.4 is 16.0 Å². The van der Waals surface area contributed by atoms with Gasteiger partial charge in [0.2, 0.25) is 17.7 Å². The first-order chi connectivity index (χ1) is 16.9. The SMILES string of the molecule is CC(C)[C@H]1NC(=O)[C@H]2CSSCC/C=C/[C@H](CC(=O)N[C@@H](CCS(C)(=O)=O)C(=O)N2)OC(=O)C[C@@H]1O. The zero-order chi connectivity index (χ0) is 26.9. The molecule has 2 bridgehead atoms. The molecule has 4 N–H and O–H groups in total. The number of sulfone groups is 1. The summed E-state index contributed by atoms with van der Waals surface area (Å²) in [6, 6.07) is -3.04. The second-order valence-electron chi connectivity index (χ2n) is 9.21. The van der Waals surface area contributed by atoms with Crippen LogP contribution in [-0.4, -0.2) is 91.1 Å². The standard InChI is InChI=1S/C22H35N3O8S3/c1-13(2)20-17(26)11-19(28)33-14-6-4-5-8-34-35-12-16(22(30)25-20)24-21(29)15(23-18(27)10-14)7-9-36(3,31)32/h4,6,13-17,20,26H,5,7-12H2,1-3H3,(H,23,27)(H,24,29)(H,25,30)/b6-4+/t14-,15+,16-,17+,20-/m1/s1. The first-order valence-corrected chi connectivity index (χ1v) is 16.3. The van der Waals surface area contributed by atoms with Crippen molar-refractivity contribution in [2.45, 2.75) is 69.9 Å². The summed E-state index contributed by atoms with van der Waals surface area (Å²) in [6.07, 6.45) is 1.94. The second kappa shape index (κ2) is 14.2. The first-order valence-electron chi connectivity index (χ1n) is 11.7. The van der Waals surface area contributed by atoms with E-state index in [-0.39, 0.29) is 30.3 Å². The van der Waals surface area contributed by atoms with E-state index in [9.17, 15) is 32.7 Å². The molecule has 1 saturated heterocycles. The predicted molar refractivity (Wildman–Crippen MR) is 139 cm³/mol. The summed E-state index contributed by atoms with van der Waals surface area (Å²) >= 11 is 0. The molecule has 0 aromatic heterocycles. The van der Waals surface area contributed by atoms with E-state index < -0.39 is 70.3 Å². The molecule has 2 heterocycles. The van der Waals surface area contributed by atoms with Gasteiger partial charge in [-0.05, 0) is 24.8 Å². The second-order valence-corrected chi connectivity index (χ2v) is 14.1. The Morgan fingerprint density at radius 2 is 1.81 bits per heavy atom. The molecule has 3 amide bonds. The van der Waals surface area contributed by atoms with Crippen molar-refractivity contribution in [1.82, 2.24) is 16.0 Å². The van der Waals surface area contributed by atoms with Gasteiger partial charge in [-0.2, -0.15) is 0 Å². The number of carbonyl (C=O) groups is 4. The zero-order valence-corrected chi connectivity index (χ0v) is 23.0. The van der Waals surface area contributed by atoms with Gasteiger partial charge in [0, 0.05) is 17.8 Å². The van der Waals surface area contributed by atoms with E-state index in [0.717, 1.165) is 6.26 Å². The molecule has 0 aliphatic carbocycles. The van der Waals surface area contributed by atoms with E-state index >= 15 is 0 Å². The molecule has 0 aromatic rings. The summed E-state index contributed by atoms with van der Waals surface area (Å²) in [4.78, 5) is 51.7. The molecule has 2 rings (SSSR count). The van der Waals surface area contributed by atoms with Crippen molar-refractivity contribution >= 4 is 55.1 Å². The predicted octanol–water partition coefficient (Wildman–Crippen LogP) is -0.0607. The van der Waals surface area contributed by atoms with Crippen molar-refractivity contribution in [3.8, 4) is 0 Å². The number of amides is 3. The molecule has 11 nitrogen and oxygen atoms in total. The van der Waals surface area contributed by atoms with E-state index in [1.165, 1.54) is 21.6 Å². The summed E-state index contributed by atoms with van der Waals surface area (Å²) in [5.41, 5.74) is 0. The summed E-state index contributed by atoms with van der Waals surface area (Å²) in [7, 11) is -0.560. The fourth-order valence-electron chi connectivity index (χ4n) is 3.67. The molecule has 0 saturated carbocycles. The van der Waals surface area contributed by atoms with E-state index in [1.807, 2.05) is 0 Å². The van der Waals surface area contributed by atoms with Crippen LogP contribution in [0.3, 0.4) is 0 Å². The van der Waals surface area contributed by atoms with Crippen LogP contribution in [0, 0.1) is 5.92 Å². The molecule has 5 atom stereocenters. The van der Waals surface area contributed by atoms with Gasteiger partial charge >= 0.3 is 5.97 Å². The molecule has 0 unspecified atom stereocenters. The van der Waals surface area contributed by atoms with Crippen LogP contribution in [0.1, 0.15) is 39.5 Å². The summed E-state index contributed by atoms with van der Waals surface area (Å²) in [6.45, 7) is 3.55. The van der Waals surface area contributed by atoms with E-state index in [4.69, 9.17) is 4.74 Å². The van der Waals surface area contributed by atoms with Crippen molar-refractivity contribution in [1.29, 1.82) is 0 Å². The highest BCUT2D eigenvalue weighted by Crippen LogP contribution is 2.24. The van der Waals surface area contributed by atoms with Gasteiger partial charge in [0.15, 0.2) is 0 Å². The zero-order valence-electron chi connectivity index (χ0n) is 20.6. The Kier molecular flexibility index (Phi) is 12.0. The molecule has 0 aromatic carbocycles. The Morgan fingerprint density at radius 1 is 1.08 bits per heavy atom. The molecule has 36 heavy (non-hydrogen) atoms. The lowest BCUT2D eigenvalue weighted by Gasteiger charge is -2.29. The average Bonchev–Trinajstić information content (AvgIpc) is 2.76. The van der Waals surface area contributed by atoms with Gasteiger partial charge in [-0.1, -0.05) is 41.5 Å². The Hall–Kier alpha value is -1.77. The number of esters is 1. The lowest BCUT2D eigenvalue weighted by atomic mass is 9.96. The van der Waals surface area contributed by atoms with Crippen LogP contribution in [0.15, 0.2) is 12.2 Å². The van der Waals surface area contributed by atoms with Gasteiger partial charge in [-0.15, -0.1) is 0 Å². The summed E-state index contributed by atoms with van der Waals surface area (Å²) in [5.74, 6) is -2.34. The van der Waals surface area contributed by atoms with Crippen LogP contribution in [0.2, 0.25) is 0 Å². The van der Waals surface area contributed by atoms with E-state index in [2.05, 4.69) is 16.0 Å². The van der Waals surface area contributed by atoms with Gasteiger partial charge < -0.3 is 25.8 Å². The number of fused-ring (bicyclic) bond motifs is 7. The highest BCUT2D eigenvalue weighted by molar-refractivity contribution is 8.76. The number of rotatable bonds is 4. The Balaban J connectivity index is 2.48. The monoisotopic (exact) mass is 565 g/mol. The number of hydrogen-bond acceptors (Lipinski definition) is 10. The highest BCUT2D eigenvalue weighted by Gasteiger charge is 2.33. The van der Waals surface area contributed by atoms with Gasteiger partial charge in [0.25, 0.3) is 0 Å². The molecule has 2 aliphatic rings. The molecule has 0 spiro atoms. The average molecular weight is 566 g/mol. The molecular formula is C22H35N3O8S3. The van der Waals surface area contributed by atoms with Crippen molar-refractivity contribution in [3.63, 3.8) is 0 Å². The van der Waals surface area contributed by atoms with Crippen LogP contribution in [-0.2, 0) is 33.8 Å². The third-order valence-electron chi connectivity index (χ3n) is 5.59. The smallest absolute Gasteiger partial charge is 0.309 e. The summed E-state index contributed by atoms with van der Waals surface area (Å²) in [5, 5.41) is 18.6. The maximum Gasteiger partial charge on any atom is 0.309 e. The third kappa shape index (κ3) is 10.7. The van der Waals surface area contributed by atoms with Crippen molar-refractivity contribution < 1.29 is 37.4 Å². The van der Waals surface area contributed by atoms with Gasteiger partial charge in [-0.3, -0.25) is 19.2 Å². The van der Waals surface area contributed by atoms with E-state index in [1.54, 1.807) is 26.0 Å². The number of allylic oxidation sites excluding steroid dienone is 1. The normalized spacial score (nSPS) is 30.6. The number of ether oxygens (including phenoxy) is 1. The molecule has 14 heteroatoms. The minimum atomic E-state index is -3.44. The summed E-state index contributed by atoms with van der Waals surface area (Å²) < 4.78 is 28.9. The van der Waals surface area contributed by atoms with Crippen molar-refractivity contribution in [2.75, 3.05) is 23.5 Å². The van der Waals surface area contributed by atoms with Crippen LogP contribution in [0.4, 0.5) is 0 Å². The first kappa shape index (κ1) is 30.5. The molecule has 1 fully saturated rings. The maximum absolute atomic E-state index is 13.2. The molecule has 204 valence electrons. The topological polar surface area (TPSA) is 168 Å². The molecular weight excluding hydrogens is 530 g/mol. The minimum absolute atomic E-state index is 0.194. The van der Waals surface area contributed by atoms with Crippen LogP contribution in [0.25, 0.3) is 0 Å². The Labute approximate surface area is 219 Å². The lowest BCUT2D eigenvalue weighted by Crippen LogP contribution is -2.58. The maximum atomic E-state index is 13.2.